The molecule has 6 heteroatoms. The Morgan fingerprint density at radius 2 is 2.14 bits per heavy atom. The highest BCUT2D eigenvalue weighted by atomic mass is 35.5. The highest BCUT2D eigenvalue weighted by Crippen LogP contribution is 2.29. The summed E-state index contributed by atoms with van der Waals surface area (Å²) in [5.41, 5.74) is 0. The van der Waals surface area contributed by atoms with Crippen molar-refractivity contribution in [1.82, 2.24) is 9.80 Å². The van der Waals surface area contributed by atoms with Crippen molar-refractivity contribution >= 4 is 34.8 Å². The second-order valence-electron chi connectivity index (χ2n) is 5.60. The van der Waals surface area contributed by atoms with Gasteiger partial charge in [0.05, 0.1) is 4.34 Å². The topological polar surface area (TPSA) is 40.6 Å². The third-order valence-corrected chi connectivity index (χ3v) is 5.67. The molecule has 1 aromatic rings. The molecule has 2 fully saturated rings. The first-order valence-electron chi connectivity index (χ1n) is 7.47. The Kier molecular flexibility index (Phi) is 4.22. The van der Waals surface area contributed by atoms with Crippen LogP contribution in [-0.4, -0.2) is 46.8 Å². The standard InChI is InChI=1S/C15H19ClN2O2S/c1-2-11-14(19)17-8-3-4-12(17)15(20)18(11)9-7-10-5-6-13(16)21-10/h5-6,11-12H,2-4,7-9H2,1H3. The van der Waals surface area contributed by atoms with Crippen molar-refractivity contribution in [2.75, 3.05) is 13.1 Å². The molecule has 0 saturated carbocycles. The zero-order chi connectivity index (χ0) is 15.0. The molecule has 0 bridgehead atoms. The van der Waals surface area contributed by atoms with Gasteiger partial charge < -0.3 is 9.80 Å². The van der Waals surface area contributed by atoms with Crippen molar-refractivity contribution in [2.45, 2.75) is 44.7 Å². The molecule has 1 aromatic heterocycles. The van der Waals surface area contributed by atoms with Gasteiger partial charge >= 0.3 is 0 Å². The van der Waals surface area contributed by atoms with Crippen molar-refractivity contribution in [3.63, 3.8) is 0 Å². The van der Waals surface area contributed by atoms with Gasteiger partial charge in [0.1, 0.15) is 12.1 Å². The molecule has 2 atom stereocenters. The van der Waals surface area contributed by atoms with Crippen LogP contribution in [0.5, 0.6) is 0 Å². The number of amides is 2. The number of carbonyl (C=O) groups is 2. The third kappa shape index (κ3) is 2.69. The molecule has 2 amide bonds. The van der Waals surface area contributed by atoms with E-state index in [1.54, 1.807) is 9.80 Å². The molecule has 21 heavy (non-hydrogen) atoms. The second-order valence-corrected chi connectivity index (χ2v) is 7.40. The molecule has 0 spiro atoms. The van der Waals surface area contributed by atoms with Crippen LogP contribution in [-0.2, 0) is 16.0 Å². The quantitative estimate of drug-likeness (QED) is 0.853. The van der Waals surface area contributed by atoms with E-state index in [1.165, 1.54) is 11.3 Å². The number of halogens is 1. The zero-order valence-electron chi connectivity index (χ0n) is 12.0. The van der Waals surface area contributed by atoms with Crippen molar-refractivity contribution in [2.24, 2.45) is 0 Å². The molecule has 2 saturated heterocycles. The SMILES string of the molecule is CCC1C(=O)N2CCCC2C(=O)N1CCc1ccc(Cl)s1. The van der Waals surface area contributed by atoms with Gasteiger partial charge in [0.15, 0.2) is 0 Å². The Morgan fingerprint density at radius 3 is 2.81 bits per heavy atom. The molecule has 0 N–H and O–H groups in total. The molecular weight excluding hydrogens is 308 g/mol. The van der Waals surface area contributed by atoms with Crippen molar-refractivity contribution in [1.29, 1.82) is 0 Å². The van der Waals surface area contributed by atoms with Gasteiger partial charge in [-0.15, -0.1) is 11.3 Å². The summed E-state index contributed by atoms with van der Waals surface area (Å²) < 4.78 is 0.764. The molecule has 114 valence electrons. The summed E-state index contributed by atoms with van der Waals surface area (Å²) in [6.45, 7) is 3.31. The average molecular weight is 327 g/mol. The number of piperazine rings is 1. The van der Waals surface area contributed by atoms with Gasteiger partial charge in [-0.05, 0) is 37.8 Å². The fourth-order valence-corrected chi connectivity index (χ4v) is 4.41. The molecule has 0 radical (unpaired) electrons. The predicted octanol–water partition coefficient (Wildman–Crippen LogP) is 2.56. The van der Waals surface area contributed by atoms with Crippen molar-refractivity contribution in [3.05, 3.63) is 21.3 Å². The minimum atomic E-state index is -0.290. The summed E-state index contributed by atoms with van der Waals surface area (Å²) in [5.74, 6) is 0.255. The van der Waals surface area contributed by atoms with Gasteiger partial charge in [0.2, 0.25) is 11.8 Å². The predicted molar refractivity (Wildman–Crippen MR) is 83.6 cm³/mol. The van der Waals surface area contributed by atoms with E-state index in [1.807, 2.05) is 19.1 Å². The third-order valence-electron chi connectivity index (χ3n) is 4.38. The van der Waals surface area contributed by atoms with Crippen LogP contribution in [0.25, 0.3) is 0 Å². The van der Waals surface area contributed by atoms with Gasteiger partial charge in [-0.3, -0.25) is 9.59 Å². The maximum Gasteiger partial charge on any atom is 0.246 e. The van der Waals surface area contributed by atoms with E-state index >= 15 is 0 Å². The van der Waals surface area contributed by atoms with Crippen LogP contribution in [0.15, 0.2) is 12.1 Å². The van der Waals surface area contributed by atoms with E-state index in [9.17, 15) is 9.59 Å². The number of hydrogen-bond acceptors (Lipinski definition) is 3. The summed E-state index contributed by atoms with van der Waals surface area (Å²) >= 11 is 7.48. The molecule has 2 aliphatic heterocycles. The van der Waals surface area contributed by atoms with Crippen LogP contribution in [0, 0.1) is 0 Å². The van der Waals surface area contributed by atoms with Crippen LogP contribution >= 0.6 is 22.9 Å². The van der Waals surface area contributed by atoms with Gasteiger partial charge in [-0.1, -0.05) is 18.5 Å². The molecule has 3 heterocycles. The number of hydrogen-bond donors (Lipinski definition) is 0. The zero-order valence-corrected chi connectivity index (χ0v) is 13.6. The lowest BCUT2D eigenvalue weighted by molar-refractivity contribution is -0.159. The Hall–Kier alpha value is -1.07. The molecule has 2 unspecified atom stereocenters. The number of rotatable bonds is 4. The summed E-state index contributed by atoms with van der Waals surface area (Å²) in [5, 5.41) is 0. The normalized spacial score (nSPS) is 25.6. The van der Waals surface area contributed by atoms with Crippen LogP contribution in [0.2, 0.25) is 4.34 Å². The van der Waals surface area contributed by atoms with Crippen molar-refractivity contribution < 1.29 is 9.59 Å². The number of fused-ring (bicyclic) bond motifs is 1. The Bertz CT molecular complexity index is 560. The largest absolute Gasteiger partial charge is 0.329 e. The first kappa shape index (κ1) is 14.9. The first-order valence-corrected chi connectivity index (χ1v) is 8.66. The highest BCUT2D eigenvalue weighted by molar-refractivity contribution is 7.16. The highest BCUT2D eigenvalue weighted by Gasteiger charge is 2.46. The lowest BCUT2D eigenvalue weighted by Gasteiger charge is -2.42. The van der Waals surface area contributed by atoms with E-state index < -0.39 is 0 Å². The van der Waals surface area contributed by atoms with Gasteiger partial charge in [0.25, 0.3) is 0 Å². The van der Waals surface area contributed by atoms with Gasteiger partial charge in [-0.25, -0.2) is 0 Å². The molecule has 0 aliphatic carbocycles. The monoisotopic (exact) mass is 326 g/mol. The van der Waals surface area contributed by atoms with Gasteiger partial charge in [0, 0.05) is 18.0 Å². The molecule has 4 nitrogen and oxygen atoms in total. The van der Waals surface area contributed by atoms with E-state index in [-0.39, 0.29) is 23.9 Å². The first-order chi connectivity index (χ1) is 10.1. The molecular formula is C15H19ClN2O2S. The summed E-state index contributed by atoms with van der Waals surface area (Å²) in [7, 11) is 0. The molecule has 0 aromatic carbocycles. The maximum absolute atomic E-state index is 12.7. The summed E-state index contributed by atoms with van der Waals surface area (Å²) in [6.07, 6.45) is 3.19. The smallest absolute Gasteiger partial charge is 0.246 e. The fourth-order valence-electron chi connectivity index (χ4n) is 3.33. The molecule has 2 aliphatic rings. The second kappa shape index (κ2) is 5.97. The Morgan fingerprint density at radius 1 is 1.33 bits per heavy atom. The lowest BCUT2D eigenvalue weighted by atomic mass is 10.0. The number of thiophene rings is 1. The van der Waals surface area contributed by atoms with Crippen LogP contribution in [0.1, 0.15) is 31.1 Å². The summed E-state index contributed by atoms with van der Waals surface area (Å²) in [6, 6.07) is 3.36. The Balaban J connectivity index is 1.75. The Labute approximate surface area is 133 Å². The van der Waals surface area contributed by atoms with E-state index in [0.29, 0.717) is 13.0 Å². The van der Waals surface area contributed by atoms with Crippen molar-refractivity contribution in [3.8, 4) is 0 Å². The van der Waals surface area contributed by atoms with E-state index in [0.717, 1.165) is 35.0 Å². The van der Waals surface area contributed by atoms with E-state index in [2.05, 4.69) is 0 Å². The lowest BCUT2D eigenvalue weighted by Crippen LogP contribution is -2.62. The van der Waals surface area contributed by atoms with Crippen LogP contribution in [0.4, 0.5) is 0 Å². The summed E-state index contributed by atoms with van der Waals surface area (Å²) in [4.78, 5) is 29.9. The minimum Gasteiger partial charge on any atom is -0.329 e. The van der Waals surface area contributed by atoms with Crippen LogP contribution < -0.4 is 0 Å². The van der Waals surface area contributed by atoms with Gasteiger partial charge in [-0.2, -0.15) is 0 Å². The fraction of sp³-hybridized carbons (Fsp3) is 0.600. The average Bonchev–Trinajstić information content (AvgIpc) is 3.10. The van der Waals surface area contributed by atoms with E-state index in [4.69, 9.17) is 11.6 Å². The molecule has 3 rings (SSSR count). The van der Waals surface area contributed by atoms with Crippen LogP contribution in [0.3, 0.4) is 0 Å². The maximum atomic E-state index is 12.7. The minimum absolute atomic E-state index is 0.126. The number of nitrogens with zero attached hydrogens (tertiary/aromatic N) is 2. The number of carbonyl (C=O) groups excluding carboxylic acids is 2.